The molecule has 0 radical (unpaired) electrons. The Hall–Kier alpha value is -3.12. The lowest BCUT2D eigenvalue weighted by molar-refractivity contribution is -0.117. The number of carbonyl (C=O) groups excluding carboxylic acids is 1. The maximum atomic E-state index is 12.8. The number of aromatic nitrogens is 2. The average molecular weight is 476 g/mol. The van der Waals surface area contributed by atoms with E-state index in [0.29, 0.717) is 26.1 Å². The van der Waals surface area contributed by atoms with Crippen LogP contribution in [0.5, 0.6) is 5.75 Å². The van der Waals surface area contributed by atoms with Gasteiger partial charge in [-0.05, 0) is 48.5 Å². The number of fused-ring (bicyclic) bond motifs is 1. The van der Waals surface area contributed by atoms with E-state index in [0.717, 1.165) is 32.8 Å². The first-order chi connectivity index (χ1) is 15.2. The topological polar surface area (TPSA) is 47.4 Å². The standard InChI is InChI=1S/C25H22BrN3O2/c26-19-10-12-20(13-11-19)29-17-18(16-24(29)30)25-27-22-8-4-5-9-23(22)28(25)14-15-31-21-6-2-1-3-7-21/h1-13,18H,14-17H2/t18-/m0/s1. The second kappa shape index (κ2) is 8.55. The number of halogens is 1. The summed E-state index contributed by atoms with van der Waals surface area (Å²) in [6.07, 6.45) is 0.457. The van der Waals surface area contributed by atoms with Gasteiger partial charge in [0.1, 0.15) is 18.2 Å². The Bertz CT molecular complexity index is 1200. The highest BCUT2D eigenvalue weighted by Gasteiger charge is 2.34. The summed E-state index contributed by atoms with van der Waals surface area (Å²) in [5, 5.41) is 0. The van der Waals surface area contributed by atoms with Gasteiger partial charge >= 0.3 is 0 Å². The molecular weight excluding hydrogens is 454 g/mol. The zero-order valence-electron chi connectivity index (χ0n) is 16.9. The van der Waals surface area contributed by atoms with Crippen LogP contribution >= 0.6 is 15.9 Å². The molecule has 3 aromatic carbocycles. The number of amides is 1. The van der Waals surface area contributed by atoms with Crippen LogP contribution in [0.15, 0.2) is 83.3 Å². The van der Waals surface area contributed by atoms with E-state index in [1.165, 1.54) is 0 Å². The third-order valence-electron chi connectivity index (χ3n) is 5.64. The minimum atomic E-state index is 0.0419. The molecule has 0 saturated carbocycles. The predicted octanol–water partition coefficient (Wildman–Crippen LogP) is 5.40. The molecule has 0 N–H and O–H groups in total. The Balaban J connectivity index is 1.40. The molecule has 1 aliphatic rings. The molecule has 0 aliphatic carbocycles. The molecule has 6 heteroatoms. The lowest BCUT2D eigenvalue weighted by Gasteiger charge is -2.17. The van der Waals surface area contributed by atoms with Crippen molar-refractivity contribution < 1.29 is 9.53 Å². The molecule has 0 bridgehead atoms. The van der Waals surface area contributed by atoms with E-state index >= 15 is 0 Å². The van der Waals surface area contributed by atoms with Gasteiger partial charge in [0, 0.05) is 29.0 Å². The summed E-state index contributed by atoms with van der Waals surface area (Å²) in [7, 11) is 0. The molecule has 1 aliphatic heterocycles. The molecule has 1 atom stereocenters. The van der Waals surface area contributed by atoms with E-state index in [1.807, 2.05) is 77.7 Å². The second-order valence-corrected chi connectivity index (χ2v) is 8.57. The quantitative estimate of drug-likeness (QED) is 0.375. The number of anilines is 1. The Morgan fingerprint density at radius 2 is 1.71 bits per heavy atom. The Labute approximate surface area is 189 Å². The molecule has 0 unspecified atom stereocenters. The van der Waals surface area contributed by atoms with E-state index in [9.17, 15) is 4.79 Å². The van der Waals surface area contributed by atoms with Crippen LogP contribution in [-0.2, 0) is 11.3 Å². The fraction of sp³-hybridized carbons (Fsp3) is 0.200. The van der Waals surface area contributed by atoms with Crippen LogP contribution in [0.3, 0.4) is 0 Å². The van der Waals surface area contributed by atoms with Crippen molar-refractivity contribution in [2.75, 3.05) is 18.1 Å². The summed E-state index contributed by atoms with van der Waals surface area (Å²) in [4.78, 5) is 19.6. The monoisotopic (exact) mass is 475 g/mol. The number of rotatable bonds is 6. The molecule has 1 aromatic heterocycles. The minimum absolute atomic E-state index is 0.0419. The van der Waals surface area contributed by atoms with Crippen LogP contribution in [0.4, 0.5) is 5.69 Å². The van der Waals surface area contributed by atoms with Gasteiger partial charge in [0.25, 0.3) is 0 Å². The van der Waals surface area contributed by atoms with Crippen LogP contribution in [0, 0.1) is 0 Å². The Morgan fingerprint density at radius 3 is 2.52 bits per heavy atom. The molecular formula is C25H22BrN3O2. The van der Waals surface area contributed by atoms with E-state index in [4.69, 9.17) is 9.72 Å². The van der Waals surface area contributed by atoms with Gasteiger partial charge in [-0.3, -0.25) is 4.79 Å². The summed E-state index contributed by atoms with van der Waals surface area (Å²) in [6, 6.07) is 25.8. The summed E-state index contributed by atoms with van der Waals surface area (Å²) in [6.45, 7) is 1.84. The molecule has 2 heterocycles. The van der Waals surface area contributed by atoms with Gasteiger partial charge in [0.2, 0.25) is 5.91 Å². The summed E-state index contributed by atoms with van der Waals surface area (Å²) < 4.78 is 9.15. The van der Waals surface area contributed by atoms with Gasteiger partial charge in [-0.2, -0.15) is 0 Å². The third kappa shape index (κ3) is 4.08. The highest BCUT2D eigenvalue weighted by molar-refractivity contribution is 9.10. The van der Waals surface area contributed by atoms with Crippen molar-refractivity contribution in [2.24, 2.45) is 0 Å². The van der Waals surface area contributed by atoms with Crippen molar-refractivity contribution in [3.05, 3.63) is 89.2 Å². The Morgan fingerprint density at radius 1 is 0.968 bits per heavy atom. The van der Waals surface area contributed by atoms with Crippen LogP contribution in [0.25, 0.3) is 11.0 Å². The molecule has 1 amide bonds. The molecule has 5 nitrogen and oxygen atoms in total. The van der Waals surface area contributed by atoms with Crippen molar-refractivity contribution in [1.82, 2.24) is 9.55 Å². The number of hydrogen-bond acceptors (Lipinski definition) is 3. The van der Waals surface area contributed by atoms with Crippen molar-refractivity contribution in [1.29, 1.82) is 0 Å². The molecule has 1 fully saturated rings. The zero-order chi connectivity index (χ0) is 21.2. The molecule has 5 rings (SSSR count). The van der Waals surface area contributed by atoms with Crippen molar-refractivity contribution in [2.45, 2.75) is 18.9 Å². The van der Waals surface area contributed by atoms with E-state index in [-0.39, 0.29) is 11.8 Å². The van der Waals surface area contributed by atoms with Crippen LogP contribution < -0.4 is 9.64 Å². The number of benzene rings is 3. The van der Waals surface area contributed by atoms with E-state index in [1.54, 1.807) is 0 Å². The van der Waals surface area contributed by atoms with Crippen molar-refractivity contribution in [3.8, 4) is 5.75 Å². The minimum Gasteiger partial charge on any atom is -0.492 e. The first-order valence-corrected chi connectivity index (χ1v) is 11.2. The number of para-hydroxylation sites is 3. The highest BCUT2D eigenvalue weighted by atomic mass is 79.9. The molecule has 156 valence electrons. The zero-order valence-corrected chi connectivity index (χ0v) is 18.5. The van der Waals surface area contributed by atoms with E-state index in [2.05, 4.69) is 26.6 Å². The number of nitrogens with zero attached hydrogens (tertiary/aromatic N) is 3. The molecule has 4 aromatic rings. The van der Waals surface area contributed by atoms with Gasteiger partial charge in [-0.15, -0.1) is 0 Å². The first-order valence-electron chi connectivity index (χ1n) is 10.4. The van der Waals surface area contributed by atoms with Crippen molar-refractivity contribution >= 4 is 38.6 Å². The molecule has 31 heavy (non-hydrogen) atoms. The van der Waals surface area contributed by atoms with Gasteiger partial charge in [-0.1, -0.05) is 46.3 Å². The number of imidazole rings is 1. The van der Waals surface area contributed by atoms with Crippen LogP contribution in [-0.4, -0.2) is 28.6 Å². The fourth-order valence-corrected chi connectivity index (χ4v) is 4.43. The normalized spacial score (nSPS) is 16.2. The maximum Gasteiger partial charge on any atom is 0.227 e. The lowest BCUT2D eigenvalue weighted by atomic mass is 10.1. The SMILES string of the molecule is O=C1C[C@H](c2nc3ccccc3n2CCOc2ccccc2)CN1c1ccc(Br)cc1. The second-order valence-electron chi connectivity index (χ2n) is 7.65. The summed E-state index contributed by atoms with van der Waals surface area (Å²) >= 11 is 3.46. The van der Waals surface area contributed by atoms with Gasteiger partial charge in [-0.25, -0.2) is 4.98 Å². The molecule has 1 saturated heterocycles. The highest BCUT2D eigenvalue weighted by Crippen LogP contribution is 2.33. The van der Waals surface area contributed by atoms with Crippen molar-refractivity contribution in [3.63, 3.8) is 0 Å². The smallest absolute Gasteiger partial charge is 0.227 e. The predicted molar refractivity (Wildman–Crippen MR) is 126 cm³/mol. The summed E-state index contributed by atoms with van der Waals surface area (Å²) in [5.41, 5.74) is 2.95. The molecule has 0 spiro atoms. The van der Waals surface area contributed by atoms with Gasteiger partial charge < -0.3 is 14.2 Å². The average Bonchev–Trinajstić information content (AvgIpc) is 3.36. The third-order valence-corrected chi connectivity index (χ3v) is 6.17. The first kappa shape index (κ1) is 19.8. The fourth-order valence-electron chi connectivity index (χ4n) is 4.16. The number of hydrogen-bond donors (Lipinski definition) is 0. The van der Waals surface area contributed by atoms with E-state index < -0.39 is 0 Å². The van der Waals surface area contributed by atoms with Gasteiger partial charge in [0.05, 0.1) is 17.6 Å². The van der Waals surface area contributed by atoms with Crippen LogP contribution in [0.2, 0.25) is 0 Å². The number of carbonyl (C=O) groups is 1. The summed E-state index contributed by atoms with van der Waals surface area (Å²) in [5.74, 6) is 1.98. The van der Waals surface area contributed by atoms with Crippen LogP contribution in [0.1, 0.15) is 18.2 Å². The van der Waals surface area contributed by atoms with Gasteiger partial charge in [0.15, 0.2) is 0 Å². The Kier molecular flexibility index (Phi) is 5.47. The largest absolute Gasteiger partial charge is 0.492 e. The lowest BCUT2D eigenvalue weighted by Crippen LogP contribution is -2.24. The number of ether oxygens (including phenoxy) is 1. The maximum absolute atomic E-state index is 12.8.